The molecule has 0 aliphatic carbocycles. The smallest absolute Gasteiger partial charge is 0.343 e. The Bertz CT molecular complexity index is 862. The summed E-state index contributed by atoms with van der Waals surface area (Å²) in [5.41, 5.74) is 1.48. The number of carbonyl (C=O) groups is 1. The summed E-state index contributed by atoms with van der Waals surface area (Å²) in [7, 11) is 0. The lowest BCUT2D eigenvalue weighted by atomic mass is 9.98. The van der Waals surface area contributed by atoms with E-state index in [9.17, 15) is 14.9 Å². The number of morpholine rings is 1. The highest BCUT2D eigenvalue weighted by Gasteiger charge is 2.24. The number of nitro benzene ring substituents is 1. The van der Waals surface area contributed by atoms with Gasteiger partial charge in [-0.1, -0.05) is 32.0 Å². The molecule has 0 aromatic heterocycles. The Kier molecular flexibility index (Phi) is 6.26. The number of nitrogens with zero attached hydrogens (tertiary/aromatic N) is 2. The van der Waals surface area contributed by atoms with Crippen molar-refractivity contribution in [2.24, 2.45) is 0 Å². The number of nitro groups is 1. The van der Waals surface area contributed by atoms with Crippen LogP contribution in [-0.4, -0.2) is 37.2 Å². The molecule has 2 aromatic carbocycles. The summed E-state index contributed by atoms with van der Waals surface area (Å²) >= 11 is 0. The number of hydrogen-bond acceptors (Lipinski definition) is 6. The highest BCUT2D eigenvalue weighted by atomic mass is 16.6. The molecule has 1 heterocycles. The molecule has 1 aliphatic rings. The van der Waals surface area contributed by atoms with Gasteiger partial charge in [0.2, 0.25) is 0 Å². The SMILES string of the molecule is CCC(C)c1ccccc1OC(=O)c1ccc(N2CCOCC2)c([N+](=O)[O-])c1. The molecule has 0 amide bonds. The Balaban J connectivity index is 1.87. The normalized spacial score (nSPS) is 15.1. The van der Waals surface area contributed by atoms with Gasteiger partial charge >= 0.3 is 5.97 Å². The van der Waals surface area contributed by atoms with Crippen LogP contribution in [0.15, 0.2) is 42.5 Å². The zero-order chi connectivity index (χ0) is 20.1. The van der Waals surface area contributed by atoms with Crippen LogP contribution in [-0.2, 0) is 4.74 Å². The van der Waals surface area contributed by atoms with Crippen LogP contribution in [0.4, 0.5) is 11.4 Å². The average molecular weight is 384 g/mol. The second-order valence-corrected chi connectivity index (χ2v) is 6.80. The van der Waals surface area contributed by atoms with Crippen molar-refractivity contribution in [2.45, 2.75) is 26.2 Å². The van der Waals surface area contributed by atoms with Crippen LogP contribution in [0, 0.1) is 10.1 Å². The summed E-state index contributed by atoms with van der Waals surface area (Å²) in [4.78, 5) is 25.7. The monoisotopic (exact) mass is 384 g/mol. The minimum atomic E-state index is -0.604. The molecule has 0 bridgehead atoms. The summed E-state index contributed by atoms with van der Waals surface area (Å²) in [6.45, 7) is 6.33. The summed E-state index contributed by atoms with van der Waals surface area (Å²) in [5, 5.41) is 11.6. The van der Waals surface area contributed by atoms with Gasteiger partial charge in [-0.15, -0.1) is 0 Å². The minimum absolute atomic E-state index is 0.105. The van der Waals surface area contributed by atoms with E-state index in [1.807, 2.05) is 17.0 Å². The first-order chi connectivity index (χ1) is 13.5. The van der Waals surface area contributed by atoms with E-state index in [-0.39, 0.29) is 17.2 Å². The summed E-state index contributed by atoms with van der Waals surface area (Å²) < 4.78 is 10.9. The Hall–Kier alpha value is -2.93. The van der Waals surface area contributed by atoms with Crippen molar-refractivity contribution in [3.63, 3.8) is 0 Å². The maximum absolute atomic E-state index is 12.7. The van der Waals surface area contributed by atoms with Crippen LogP contribution in [0.2, 0.25) is 0 Å². The van der Waals surface area contributed by atoms with Gasteiger partial charge in [0.1, 0.15) is 11.4 Å². The zero-order valence-corrected chi connectivity index (χ0v) is 16.1. The van der Waals surface area contributed by atoms with Crippen LogP contribution in [0.25, 0.3) is 0 Å². The lowest BCUT2D eigenvalue weighted by molar-refractivity contribution is -0.384. The molecule has 28 heavy (non-hydrogen) atoms. The highest BCUT2D eigenvalue weighted by Crippen LogP contribution is 2.32. The van der Waals surface area contributed by atoms with Gasteiger partial charge < -0.3 is 14.4 Å². The van der Waals surface area contributed by atoms with E-state index in [0.717, 1.165) is 12.0 Å². The molecule has 2 aromatic rings. The van der Waals surface area contributed by atoms with Gasteiger partial charge in [-0.25, -0.2) is 4.79 Å². The fourth-order valence-corrected chi connectivity index (χ4v) is 3.23. The molecule has 3 rings (SSSR count). The van der Waals surface area contributed by atoms with Crippen LogP contribution in [0.5, 0.6) is 5.75 Å². The zero-order valence-electron chi connectivity index (χ0n) is 16.1. The quantitative estimate of drug-likeness (QED) is 0.322. The van der Waals surface area contributed by atoms with Crippen molar-refractivity contribution in [1.29, 1.82) is 0 Å². The van der Waals surface area contributed by atoms with Crippen LogP contribution < -0.4 is 9.64 Å². The first-order valence-electron chi connectivity index (χ1n) is 9.43. The molecule has 1 unspecified atom stereocenters. The molecular formula is C21H24N2O5. The van der Waals surface area contributed by atoms with Crippen molar-refractivity contribution in [3.8, 4) is 5.75 Å². The van der Waals surface area contributed by atoms with E-state index in [1.54, 1.807) is 24.3 Å². The number of rotatable bonds is 6. The number of anilines is 1. The molecule has 1 fully saturated rings. The average Bonchev–Trinajstić information content (AvgIpc) is 2.73. The van der Waals surface area contributed by atoms with E-state index >= 15 is 0 Å². The highest BCUT2D eigenvalue weighted by molar-refractivity contribution is 5.93. The Morgan fingerprint density at radius 3 is 2.64 bits per heavy atom. The third-order valence-corrected chi connectivity index (χ3v) is 5.02. The fourth-order valence-electron chi connectivity index (χ4n) is 3.23. The largest absolute Gasteiger partial charge is 0.423 e. The van der Waals surface area contributed by atoms with Crippen molar-refractivity contribution in [1.82, 2.24) is 0 Å². The molecule has 0 radical (unpaired) electrons. The molecule has 7 heteroatoms. The maximum atomic E-state index is 12.7. The van der Waals surface area contributed by atoms with E-state index in [1.165, 1.54) is 6.07 Å². The molecule has 1 saturated heterocycles. The van der Waals surface area contributed by atoms with E-state index < -0.39 is 10.9 Å². The summed E-state index contributed by atoms with van der Waals surface area (Å²) in [5.74, 6) is 0.121. The lowest BCUT2D eigenvalue weighted by Gasteiger charge is -2.28. The standard InChI is InChI=1S/C21H24N2O5/c1-3-15(2)17-6-4-5-7-20(17)28-21(24)16-8-9-18(19(14-16)23(25)26)22-10-12-27-13-11-22/h4-9,14-15H,3,10-13H2,1-2H3. The molecule has 1 aliphatic heterocycles. The molecule has 7 nitrogen and oxygen atoms in total. The Labute approximate surface area is 164 Å². The van der Waals surface area contributed by atoms with E-state index in [4.69, 9.17) is 9.47 Å². The Morgan fingerprint density at radius 2 is 1.96 bits per heavy atom. The second-order valence-electron chi connectivity index (χ2n) is 6.80. The predicted molar refractivity (Wildman–Crippen MR) is 106 cm³/mol. The number of ether oxygens (including phenoxy) is 2. The Morgan fingerprint density at radius 1 is 1.25 bits per heavy atom. The van der Waals surface area contributed by atoms with Crippen molar-refractivity contribution >= 4 is 17.3 Å². The van der Waals surface area contributed by atoms with Gasteiger partial charge in [-0.2, -0.15) is 0 Å². The molecule has 1 atom stereocenters. The van der Waals surface area contributed by atoms with E-state index in [0.29, 0.717) is 37.7 Å². The molecule has 0 saturated carbocycles. The maximum Gasteiger partial charge on any atom is 0.343 e. The van der Waals surface area contributed by atoms with Crippen molar-refractivity contribution < 1.29 is 19.2 Å². The number of para-hydroxylation sites is 1. The van der Waals surface area contributed by atoms with Gasteiger partial charge in [0, 0.05) is 19.2 Å². The van der Waals surface area contributed by atoms with Crippen LogP contribution in [0.1, 0.15) is 42.1 Å². The van der Waals surface area contributed by atoms with Crippen LogP contribution >= 0.6 is 0 Å². The predicted octanol–water partition coefficient (Wildman–Crippen LogP) is 4.16. The molecule has 148 valence electrons. The van der Waals surface area contributed by atoms with Gasteiger partial charge in [-0.05, 0) is 36.1 Å². The number of carbonyl (C=O) groups excluding carboxylic acids is 1. The van der Waals surface area contributed by atoms with Crippen molar-refractivity contribution in [2.75, 3.05) is 31.2 Å². The lowest BCUT2D eigenvalue weighted by Crippen LogP contribution is -2.36. The topological polar surface area (TPSA) is 81.9 Å². The van der Waals surface area contributed by atoms with Crippen molar-refractivity contribution in [3.05, 3.63) is 63.7 Å². The second kappa shape index (κ2) is 8.84. The summed E-state index contributed by atoms with van der Waals surface area (Å²) in [6, 6.07) is 11.9. The number of benzene rings is 2. The molecule has 0 spiro atoms. The number of hydrogen-bond donors (Lipinski definition) is 0. The third-order valence-electron chi connectivity index (χ3n) is 5.02. The molecular weight excluding hydrogens is 360 g/mol. The fraction of sp³-hybridized carbons (Fsp3) is 0.381. The number of esters is 1. The van der Waals surface area contributed by atoms with Crippen LogP contribution in [0.3, 0.4) is 0 Å². The third kappa shape index (κ3) is 4.31. The summed E-state index contributed by atoms with van der Waals surface area (Å²) in [6.07, 6.45) is 0.911. The minimum Gasteiger partial charge on any atom is -0.423 e. The van der Waals surface area contributed by atoms with Gasteiger partial charge in [-0.3, -0.25) is 10.1 Å². The molecule has 0 N–H and O–H groups in total. The first kappa shape index (κ1) is 19.8. The van der Waals surface area contributed by atoms with Gasteiger partial charge in [0.15, 0.2) is 0 Å². The first-order valence-corrected chi connectivity index (χ1v) is 9.43. The van der Waals surface area contributed by atoms with Gasteiger partial charge in [0.25, 0.3) is 5.69 Å². The van der Waals surface area contributed by atoms with Gasteiger partial charge in [0.05, 0.1) is 23.7 Å². The van der Waals surface area contributed by atoms with E-state index in [2.05, 4.69) is 13.8 Å².